The molecule has 0 bridgehead atoms. The minimum atomic E-state index is -4.58. The first-order valence-electron chi connectivity index (χ1n) is 12.4. The Kier molecular flexibility index (Phi) is 7.17. The molecule has 0 aliphatic carbocycles. The normalized spacial score (nSPS) is 20.7. The Morgan fingerprint density at radius 1 is 1.00 bits per heavy atom. The third-order valence-electron chi connectivity index (χ3n) is 7.09. The van der Waals surface area contributed by atoms with Crippen LogP contribution < -0.4 is 10.2 Å². The summed E-state index contributed by atoms with van der Waals surface area (Å²) in [6, 6.07) is 14.9. The van der Waals surface area contributed by atoms with Gasteiger partial charge in [0.1, 0.15) is 11.6 Å². The van der Waals surface area contributed by atoms with Gasteiger partial charge in [-0.3, -0.25) is 0 Å². The Morgan fingerprint density at radius 3 is 2.41 bits per heavy atom. The van der Waals surface area contributed by atoms with Gasteiger partial charge in [0.25, 0.3) is 0 Å². The Hall–Kier alpha value is -3.43. The number of benzene rings is 1. The molecule has 0 saturated carbocycles. The molecule has 2 saturated heterocycles. The molecular weight excluding hydrogens is 479 g/mol. The first-order valence-corrected chi connectivity index (χ1v) is 12.4. The van der Waals surface area contributed by atoms with E-state index in [1.54, 1.807) is 6.20 Å². The van der Waals surface area contributed by atoms with Gasteiger partial charge in [-0.15, -0.1) is 0 Å². The molecule has 9 heteroatoms. The third-order valence-corrected chi connectivity index (χ3v) is 7.09. The molecular formula is C28H30F3N5O. The van der Waals surface area contributed by atoms with Crippen LogP contribution in [0.3, 0.4) is 0 Å². The average Bonchev–Trinajstić information content (AvgIpc) is 3.39. The highest BCUT2D eigenvalue weighted by atomic mass is 19.4. The van der Waals surface area contributed by atoms with Crippen molar-refractivity contribution in [1.82, 2.24) is 14.9 Å². The summed E-state index contributed by atoms with van der Waals surface area (Å²) in [5, 5.41) is 3.05. The van der Waals surface area contributed by atoms with Crippen LogP contribution in [0.4, 0.5) is 30.5 Å². The summed E-state index contributed by atoms with van der Waals surface area (Å²) in [5.41, 5.74) is 1.48. The lowest BCUT2D eigenvalue weighted by molar-refractivity contribution is -0.138. The number of aromatic nitrogens is 2. The Bertz CT molecular complexity index is 1220. The second-order valence-electron chi connectivity index (χ2n) is 9.55. The van der Waals surface area contributed by atoms with E-state index in [-0.39, 0.29) is 17.3 Å². The highest BCUT2D eigenvalue weighted by molar-refractivity contribution is 5.74. The maximum Gasteiger partial charge on any atom is 0.418 e. The molecule has 2 unspecified atom stereocenters. The fraction of sp³-hybridized carbons (Fsp3) is 0.357. The van der Waals surface area contributed by atoms with Crippen LogP contribution in [0, 0.1) is 0 Å². The molecule has 4 heterocycles. The van der Waals surface area contributed by atoms with E-state index in [1.165, 1.54) is 6.07 Å². The van der Waals surface area contributed by atoms with Gasteiger partial charge in [0.05, 0.1) is 23.6 Å². The number of anilines is 3. The number of likely N-dealkylation sites (N-methyl/N-ethyl adjacent to an activating group) is 1. The number of rotatable bonds is 6. The van der Waals surface area contributed by atoms with Crippen LogP contribution in [0.5, 0.6) is 0 Å². The fourth-order valence-corrected chi connectivity index (χ4v) is 4.99. The molecule has 0 radical (unpaired) electrons. The number of hydrogen-bond donors (Lipinski definition) is 1. The summed E-state index contributed by atoms with van der Waals surface area (Å²) in [6.45, 7) is 8.34. The molecule has 0 spiro atoms. The molecule has 1 N–H and O–H groups in total. The SMILES string of the molecule is C=C(c1cc(Nc2ccc(N3CCN(C)CC3)cn2)ncc1C(F)(F)F)C1OCCC1c1ccccc1. The van der Waals surface area contributed by atoms with Gasteiger partial charge >= 0.3 is 6.18 Å². The predicted molar refractivity (Wildman–Crippen MR) is 139 cm³/mol. The zero-order valence-corrected chi connectivity index (χ0v) is 20.7. The number of piperazine rings is 1. The van der Waals surface area contributed by atoms with Gasteiger partial charge in [0.15, 0.2) is 0 Å². The summed E-state index contributed by atoms with van der Waals surface area (Å²) in [5.74, 6) is 0.697. The van der Waals surface area contributed by atoms with Crippen LogP contribution in [-0.2, 0) is 10.9 Å². The first-order chi connectivity index (χ1) is 17.8. The van der Waals surface area contributed by atoms with Crippen LogP contribution in [0.15, 0.2) is 67.5 Å². The highest BCUT2D eigenvalue weighted by Crippen LogP contribution is 2.42. The van der Waals surface area contributed by atoms with E-state index in [2.05, 4.69) is 38.7 Å². The van der Waals surface area contributed by atoms with Crippen molar-refractivity contribution >= 4 is 22.9 Å². The van der Waals surface area contributed by atoms with Crippen molar-refractivity contribution in [2.45, 2.75) is 24.6 Å². The Balaban J connectivity index is 1.38. The van der Waals surface area contributed by atoms with E-state index in [0.29, 0.717) is 18.0 Å². The number of nitrogens with zero attached hydrogens (tertiary/aromatic N) is 4. The molecule has 1 aromatic carbocycles. The molecule has 2 aromatic heterocycles. The molecule has 5 rings (SSSR count). The number of pyridine rings is 2. The minimum absolute atomic E-state index is 0.0214. The zero-order chi connectivity index (χ0) is 26.0. The summed E-state index contributed by atoms with van der Waals surface area (Å²) < 4.78 is 47.8. The standard InChI is InChI=1S/C28H30F3N5O/c1-19(27-22(10-15-37-27)20-6-4-3-5-7-20)23-16-26(33-18-24(23)28(29,30)31)34-25-9-8-21(17-32-25)36-13-11-35(2)12-14-36/h3-9,16-18,22,27H,1,10-15H2,2H3,(H,32,33,34). The van der Waals surface area contributed by atoms with E-state index in [1.807, 2.05) is 42.5 Å². The first kappa shape index (κ1) is 25.2. The van der Waals surface area contributed by atoms with Gasteiger partial charge in [-0.25, -0.2) is 9.97 Å². The van der Waals surface area contributed by atoms with E-state index >= 15 is 0 Å². The van der Waals surface area contributed by atoms with E-state index < -0.39 is 17.8 Å². The molecule has 3 aromatic rings. The van der Waals surface area contributed by atoms with Gasteiger partial charge in [0.2, 0.25) is 0 Å². The maximum atomic E-state index is 14.0. The van der Waals surface area contributed by atoms with Crippen LogP contribution in [0.25, 0.3) is 5.57 Å². The van der Waals surface area contributed by atoms with Gasteiger partial charge in [-0.2, -0.15) is 13.2 Å². The molecule has 0 amide bonds. The number of halogens is 3. The van der Waals surface area contributed by atoms with Crippen molar-refractivity contribution in [2.75, 3.05) is 50.1 Å². The quantitative estimate of drug-likeness (QED) is 0.469. The van der Waals surface area contributed by atoms with Crippen molar-refractivity contribution in [3.05, 3.63) is 84.2 Å². The lowest BCUT2D eigenvalue weighted by Gasteiger charge is -2.33. The van der Waals surface area contributed by atoms with Crippen molar-refractivity contribution < 1.29 is 17.9 Å². The number of ether oxygens (including phenoxy) is 1. The minimum Gasteiger partial charge on any atom is -0.373 e. The van der Waals surface area contributed by atoms with Crippen molar-refractivity contribution in [1.29, 1.82) is 0 Å². The summed E-state index contributed by atoms with van der Waals surface area (Å²) in [7, 11) is 2.10. The largest absolute Gasteiger partial charge is 0.418 e. The van der Waals surface area contributed by atoms with E-state index in [0.717, 1.165) is 50.0 Å². The van der Waals surface area contributed by atoms with Gasteiger partial charge < -0.3 is 19.9 Å². The van der Waals surface area contributed by atoms with Gasteiger partial charge in [0, 0.05) is 44.9 Å². The molecule has 2 atom stereocenters. The van der Waals surface area contributed by atoms with Crippen LogP contribution in [-0.4, -0.2) is 60.8 Å². The van der Waals surface area contributed by atoms with Gasteiger partial charge in [-0.05, 0) is 48.4 Å². The average molecular weight is 510 g/mol. The smallest absolute Gasteiger partial charge is 0.373 e. The maximum absolute atomic E-state index is 14.0. The van der Waals surface area contributed by atoms with Crippen molar-refractivity contribution in [3.63, 3.8) is 0 Å². The number of nitrogens with one attached hydrogen (secondary N) is 1. The van der Waals surface area contributed by atoms with Crippen molar-refractivity contribution in [3.8, 4) is 0 Å². The van der Waals surface area contributed by atoms with Crippen LogP contribution in [0.2, 0.25) is 0 Å². The Morgan fingerprint density at radius 2 is 1.73 bits per heavy atom. The lowest BCUT2D eigenvalue weighted by Crippen LogP contribution is -2.44. The van der Waals surface area contributed by atoms with Crippen LogP contribution >= 0.6 is 0 Å². The number of alkyl halides is 3. The molecule has 37 heavy (non-hydrogen) atoms. The zero-order valence-electron chi connectivity index (χ0n) is 20.7. The molecule has 2 aliphatic rings. The monoisotopic (exact) mass is 509 g/mol. The predicted octanol–water partition coefficient (Wildman–Crippen LogP) is 5.58. The highest BCUT2D eigenvalue weighted by Gasteiger charge is 2.39. The fourth-order valence-electron chi connectivity index (χ4n) is 4.99. The molecule has 6 nitrogen and oxygen atoms in total. The second-order valence-corrected chi connectivity index (χ2v) is 9.55. The van der Waals surface area contributed by atoms with Crippen molar-refractivity contribution in [2.24, 2.45) is 0 Å². The summed E-state index contributed by atoms with van der Waals surface area (Å²) in [4.78, 5) is 13.0. The van der Waals surface area contributed by atoms with Crippen LogP contribution in [0.1, 0.15) is 29.0 Å². The lowest BCUT2D eigenvalue weighted by atomic mass is 9.85. The topological polar surface area (TPSA) is 53.5 Å². The molecule has 2 fully saturated rings. The molecule has 194 valence electrons. The third kappa shape index (κ3) is 5.62. The molecule has 2 aliphatic heterocycles. The second kappa shape index (κ2) is 10.5. The van der Waals surface area contributed by atoms with E-state index in [9.17, 15) is 13.2 Å². The van der Waals surface area contributed by atoms with E-state index in [4.69, 9.17) is 4.74 Å². The Labute approximate surface area is 214 Å². The summed E-state index contributed by atoms with van der Waals surface area (Å²) in [6.07, 6.45) is -1.79. The number of hydrogen-bond acceptors (Lipinski definition) is 6. The van der Waals surface area contributed by atoms with Gasteiger partial charge in [-0.1, -0.05) is 36.9 Å². The summed E-state index contributed by atoms with van der Waals surface area (Å²) >= 11 is 0.